The van der Waals surface area contributed by atoms with Gasteiger partial charge in [0.2, 0.25) is 17.7 Å². The summed E-state index contributed by atoms with van der Waals surface area (Å²) in [5.41, 5.74) is 3.04. The van der Waals surface area contributed by atoms with Crippen molar-refractivity contribution in [2.45, 2.75) is 116 Å². The molecule has 4 atom stereocenters. The van der Waals surface area contributed by atoms with E-state index in [0.717, 1.165) is 35.3 Å². The molecule has 404 valence electrons. The van der Waals surface area contributed by atoms with Gasteiger partial charge in [0, 0.05) is 30.2 Å². The van der Waals surface area contributed by atoms with Gasteiger partial charge in [-0.2, -0.15) is 0 Å². The Balaban J connectivity index is 1.59. The van der Waals surface area contributed by atoms with E-state index in [1.54, 1.807) is 102 Å². The number of likely N-dealkylation sites (N-methyl/N-ethyl adjacent to an activating group) is 1. The number of fused-ring (bicyclic) bond motifs is 5. The molecule has 1 heterocycles. The summed E-state index contributed by atoms with van der Waals surface area (Å²) in [6, 6.07) is 19.2. The van der Waals surface area contributed by atoms with Crippen LogP contribution in [0.4, 0.5) is 9.59 Å². The number of amides is 6. The van der Waals surface area contributed by atoms with Gasteiger partial charge in [-0.05, 0) is 126 Å². The second kappa shape index (κ2) is 26.5. The first-order valence-electron chi connectivity index (χ1n) is 25.0. The van der Waals surface area contributed by atoms with Crippen LogP contribution < -0.4 is 36.1 Å². The van der Waals surface area contributed by atoms with Gasteiger partial charge in [-0.3, -0.25) is 19.2 Å². The zero-order chi connectivity index (χ0) is 55.0. The topological polar surface area (TPSA) is 249 Å². The van der Waals surface area contributed by atoms with Crippen molar-refractivity contribution >= 4 is 41.8 Å². The lowest BCUT2D eigenvalue weighted by atomic mass is 9.93. The monoisotopic (exact) mass is 1040 g/mol. The predicted molar refractivity (Wildman–Crippen MR) is 281 cm³/mol. The van der Waals surface area contributed by atoms with Gasteiger partial charge >= 0.3 is 18.2 Å². The number of rotatable bonds is 18. The van der Waals surface area contributed by atoms with Crippen LogP contribution in [0, 0.1) is 0 Å². The van der Waals surface area contributed by atoms with E-state index >= 15 is 4.79 Å². The number of esters is 1. The van der Waals surface area contributed by atoms with Crippen molar-refractivity contribution in [2.24, 2.45) is 0 Å². The fraction of sp³-hybridized carbons (Fsp3) is 0.446. The minimum atomic E-state index is -1.55. The number of methoxy groups -OCH3 is 1. The van der Waals surface area contributed by atoms with Crippen molar-refractivity contribution in [1.29, 1.82) is 0 Å². The average Bonchev–Trinajstić information content (AvgIpc) is 3.36. The highest BCUT2D eigenvalue weighted by atomic mass is 16.6. The van der Waals surface area contributed by atoms with E-state index in [-0.39, 0.29) is 55.4 Å². The molecule has 0 unspecified atom stereocenters. The first-order chi connectivity index (χ1) is 35.5. The van der Waals surface area contributed by atoms with Gasteiger partial charge in [0.15, 0.2) is 0 Å². The molecule has 5 rings (SSSR count). The summed E-state index contributed by atoms with van der Waals surface area (Å²) in [5.74, 6) is -3.33. The Labute approximate surface area is 438 Å². The van der Waals surface area contributed by atoms with Gasteiger partial charge in [-0.25, -0.2) is 14.4 Å². The Morgan fingerprint density at radius 1 is 0.760 bits per heavy atom. The number of unbranched alkanes of at least 4 members (excludes halogenated alkanes) is 1. The Morgan fingerprint density at radius 3 is 1.95 bits per heavy atom. The normalized spacial score (nSPS) is 16.1. The molecule has 1 aliphatic rings. The van der Waals surface area contributed by atoms with Crippen molar-refractivity contribution in [1.82, 2.24) is 31.5 Å². The standard InChI is InChI=1S/C56H72N6O13/c1-11-12-13-35-14-17-37(18-15-35)38-19-21-39(22-20-38)49(65)61-44(33-58-54(70)75-56(6,7)8)51(67)62(9)47-40-23-25-46(72-28-26-57-53(69)74-55(3,4)5)42(32-40)41-30-36(16-24-45(41)73-29-27-63)31-43(52(68)71-10)60-48(64)34(2)59-50(47)66/h14-25,30,32,34,43-44,47,63H,11-13,26-29,31,33H2,1-10H3,(H,57,69)(H,58,70)(H,59,66)(H,60,64)(H,61,65)/t34-,43-,44-,47-/m0/s1. The molecule has 4 aromatic carbocycles. The number of nitrogens with zero attached hydrogens (tertiary/aromatic N) is 1. The molecule has 19 heteroatoms. The molecule has 0 spiro atoms. The minimum Gasteiger partial charge on any atom is -0.491 e. The third kappa shape index (κ3) is 17.2. The molecular weight excluding hydrogens is 965 g/mol. The number of aliphatic hydroxyl groups is 1. The maximum Gasteiger partial charge on any atom is 0.407 e. The van der Waals surface area contributed by atoms with Gasteiger partial charge in [0.05, 0.1) is 26.8 Å². The van der Waals surface area contributed by atoms with Crippen LogP contribution in [0.1, 0.15) is 101 Å². The molecule has 0 aliphatic carbocycles. The SMILES string of the molecule is CCCCc1ccc(-c2ccc(C(=O)N[C@@H](CNC(=O)OC(C)(C)C)C(=O)N(C)[C@@H]3C(=O)N[C@@H](C)C(=O)N[C@H](C(=O)OC)Cc4ccc(OCCO)c(c4)-c4cc3ccc4OCCNC(=O)OC(C)(C)C)cc2)cc1. The molecule has 6 amide bonds. The molecule has 1 aliphatic heterocycles. The molecule has 0 radical (unpaired) electrons. The van der Waals surface area contributed by atoms with E-state index in [9.17, 15) is 33.9 Å². The molecule has 19 nitrogen and oxygen atoms in total. The van der Waals surface area contributed by atoms with E-state index in [0.29, 0.717) is 16.7 Å². The summed E-state index contributed by atoms with van der Waals surface area (Å²) in [7, 11) is 2.52. The summed E-state index contributed by atoms with van der Waals surface area (Å²) in [6.45, 7) is 12.8. The van der Waals surface area contributed by atoms with Crippen molar-refractivity contribution in [3.8, 4) is 33.8 Å². The number of hydrogen-bond donors (Lipinski definition) is 6. The number of aryl methyl sites for hydroxylation is 1. The van der Waals surface area contributed by atoms with Crippen LogP contribution in [0.2, 0.25) is 0 Å². The van der Waals surface area contributed by atoms with Crippen LogP contribution in [0.5, 0.6) is 11.5 Å². The first kappa shape index (κ1) is 58.2. The number of aliphatic hydroxyl groups excluding tert-OH is 1. The van der Waals surface area contributed by atoms with Gasteiger partial charge in [-0.15, -0.1) is 0 Å². The molecule has 0 saturated heterocycles. The third-order valence-corrected chi connectivity index (χ3v) is 11.7. The highest BCUT2D eigenvalue weighted by Crippen LogP contribution is 2.40. The molecule has 0 fully saturated rings. The Bertz CT molecular complexity index is 2640. The maximum absolute atomic E-state index is 15.0. The predicted octanol–water partition coefficient (Wildman–Crippen LogP) is 6.18. The van der Waals surface area contributed by atoms with Gasteiger partial charge < -0.3 is 60.3 Å². The van der Waals surface area contributed by atoms with E-state index in [1.807, 2.05) is 12.1 Å². The average molecular weight is 1040 g/mol. The highest BCUT2D eigenvalue weighted by Gasteiger charge is 2.37. The molecule has 4 bridgehead atoms. The first-order valence-corrected chi connectivity index (χ1v) is 25.0. The number of alkyl carbamates (subject to hydrolysis) is 2. The van der Waals surface area contributed by atoms with Gasteiger partial charge in [0.1, 0.15) is 60.1 Å². The number of benzene rings is 4. The largest absolute Gasteiger partial charge is 0.491 e. The quantitative estimate of drug-likeness (QED) is 0.0371. The maximum atomic E-state index is 15.0. The molecule has 75 heavy (non-hydrogen) atoms. The fourth-order valence-corrected chi connectivity index (χ4v) is 8.03. The zero-order valence-corrected chi connectivity index (χ0v) is 44.5. The van der Waals surface area contributed by atoms with E-state index in [2.05, 4.69) is 45.6 Å². The van der Waals surface area contributed by atoms with Crippen LogP contribution in [0.25, 0.3) is 22.3 Å². The molecule has 6 N–H and O–H groups in total. The number of nitrogens with one attached hydrogen (secondary N) is 5. The van der Waals surface area contributed by atoms with Crippen LogP contribution in [-0.4, -0.2) is 128 Å². The van der Waals surface area contributed by atoms with Crippen LogP contribution in [0.15, 0.2) is 84.9 Å². The zero-order valence-electron chi connectivity index (χ0n) is 44.5. The van der Waals surface area contributed by atoms with E-state index < -0.39 is 83.7 Å². The summed E-state index contributed by atoms with van der Waals surface area (Å²) >= 11 is 0. The second-order valence-electron chi connectivity index (χ2n) is 20.1. The van der Waals surface area contributed by atoms with Crippen LogP contribution in [-0.2, 0) is 46.2 Å². The smallest absolute Gasteiger partial charge is 0.407 e. The molecule has 0 saturated carbocycles. The number of carbonyl (C=O) groups is 7. The second-order valence-corrected chi connectivity index (χ2v) is 20.1. The van der Waals surface area contributed by atoms with Crippen molar-refractivity contribution in [3.05, 3.63) is 107 Å². The van der Waals surface area contributed by atoms with E-state index in [1.165, 1.54) is 26.6 Å². The van der Waals surface area contributed by atoms with Crippen molar-refractivity contribution < 1.29 is 62.4 Å². The Hall–Kier alpha value is -7.67. The lowest BCUT2D eigenvalue weighted by Gasteiger charge is -2.33. The van der Waals surface area contributed by atoms with Crippen molar-refractivity contribution in [2.75, 3.05) is 47.1 Å². The molecule has 4 aromatic rings. The van der Waals surface area contributed by atoms with Gasteiger partial charge in [0.25, 0.3) is 5.91 Å². The van der Waals surface area contributed by atoms with Crippen molar-refractivity contribution in [3.63, 3.8) is 0 Å². The Kier molecular flexibility index (Phi) is 20.6. The summed E-state index contributed by atoms with van der Waals surface area (Å²) in [5, 5.41) is 23.2. The Morgan fingerprint density at radius 2 is 1.35 bits per heavy atom. The van der Waals surface area contributed by atoms with Gasteiger partial charge in [-0.1, -0.05) is 61.9 Å². The van der Waals surface area contributed by atoms with Crippen LogP contribution >= 0.6 is 0 Å². The highest BCUT2D eigenvalue weighted by molar-refractivity contribution is 6.00. The molecule has 0 aromatic heterocycles. The van der Waals surface area contributed by atoms with E-state index in [4.69, 9.17) is 23.7 Å². The number of hydrogen-bond acceptors (Lipinski definition) is 13. The number of ether oxygens (including phenoxy) is 5. The minimum absolute atomic E-state index is 0.0201. The van der Waals surface area contributed by atoms with Crippen LogP contribution in [0.3, 0.4) is 0 Å². The summed E-state index contributed by atoms with van der Waals surface area (Å²) in [6.07, 6.45) is 1.57. The number of carbonyl (C=O) groups excluding carboxylic acids is 7. The fourth-order valence-electron chi connectivity index (χ4n) is 8.03. The summed E-state index contributed by atoms with van der Waals surface area (Å²) in [4.78, 5) is 97.6. The third-order valence-electron chi connectivity index (χ3n) is 11.7. The lowest BCUT2D eigenvalue weighted by Crippen LogP contribution is -2.56. The summed E-state index contributed by atoms with van der Waals surface area (Å²) < 4.78 is 28.2. The lowest BCUT2D eigenvalue weighted by molar-refractivity contribution is -0.145. The molecular formula is C56H72N6O13.